The third-order valence-corrected chi connectivity index (χ3v) is 2.75. The van der Waals surface area contributed by atoms with E-state index >= 15 is 0 Å². The van der Waals surface area contributed by atoms with E-state index < -0.39 is 0 Å². The monoisotopic (exact) mass is 234 g/mol. The average Bonchev–Trinajstić information content (AvgIpc) is 2.44. The van der Waals surface area contributed by atoms with Gasteiger partial charge in [-0.05, 0) is 31.4 Å². The fraction of sp³-hybridized carbons (Fsp3) is 0.500. The molecule has 0 N–H and O–H groups in total. The molecule has 0 radical (unpaired) electrons. The Balaban J connectivity index is 2.95. The number of aliphatic imine (C=N–C) groups is 1. The van der Waals surface area contributed by atoms with Crippen molar-refractivity contribution < 1.29 is 4.74 Å². The first kappa shape index (κ1) is 13.6. The molecular formula is C14H22N2O. The van der Waals surface area contributed by atoms with Crippen LogP contribution >= 0.6 is 0 Å². The highest BCUT2D eigenvalue weighted by molar-refractivity contribution is 5.58. The minimum absolute atomic E-state index is 0.373. The van der Waals surface area contributed by atoms with Crippen molar-refractivity contribution in [2.45, 2.75) is 20.8 Å². The summed E-state index contributed by atoms with van der Waals surface area (Å²) in [5.41, 5.74) is 2.14. The van der Waals surface area contributed by atoms with Gasteiger partial charge in [0.1, 0.15) is 5.76 Å². The Labute approximate surface area is 104 Å². The summed E-state index contributed by atoms with van der Waals surface area (Å²) in [6.07, 6.45) is 8.12. The summed E-state index contributed by atoms with van der Waals surface area (Å²) in [7, 11) is 3.70. The van der Waals surface area contributed by atoms with Gasteiger partial charge in [-0.15, -0.1) is 0 Å². The molecule has 0 aliphatic heterocycles. The smallest absolute Gasteiger partial charge is 0.117 e. The second kappa shape index (κ2) is 6.28. The third kappa shape index (κ3) is 4.10. The van der Waals surface area contributed by atoms with Crippen molar-refractivity contribution in [3.63, 3.8) is 0 Å². The van der Waals surface area contributed by atoms with Gasteiger partial charge < -0.3 is 9.64 Å². The summed E-state index contributed by atoms with van der Waals surface area (Å²) < 4.78 is 5.32. The average molecular weight is 234 g/mol. The molecule has 1 unspecified atom stereocenters. The van der Waals surface area contributed by atoms with Crippen LogP contribution in [0, 0.1) is 5.92 Å². The van der Waals surface area contributed by atoms with Crippen LogP contribution in [0.3, 0.4) is 0 Å². The van der Waals surface area contributed by atoms with Crippen molar-refractivity contribution in [2.24, 2.45) is 10.9 Å². The maximum absolute atomic E-state index is 5.32. The van der Waals surface area contributed by atoms with Gasteiger partial charge in [-0.2, -0.15) is 0 Å². The van der Waals surface area contributed by atoms with E-state index in [1.165, 1.54) is 5.57 Å². The van der Waals surface area contributed by atoms with Crippen molar-refractivity contribution in [3.05, 3.63) is 35.3 Å². The van der Waals surface area contributed by atoms with E-state index in [4.69, 9.17) is 4.74 Å². The van der Waals surface area contributed by atoms with Crippen molar-refractivity contribution in [2.75, 3.05) is 20.7 Å². The fourth-order valence-electron chi connectivity index (χ4n) is 1.59. The molecule has 0 bridgehead atoms. The van der Waals surface area contributed by atoms with E-state index in [0.717, 1.165) is 18.0 Å². The lowest BCUT2D eigenvalue weighted by atomic mass is 10.1. The van der Waals surface area contributed by atoms with Gasteiger partial charge >= 0.3 is 0 Å². The molecule has 0 spiro atoms. The van der Waals surface area contributed by atoms with Gasteiger partial charge in [0, 0.05) is 19.7 Å². The molecule has 0 amide bonds. The highest BCUT2D eigenvalue weighted by atomic mass is 16.5. The zero-order chi connectivity index (χ0) is 12.8. The lowest BCUT2D eigenvalue weighted by Gasteiger charge is -2.09. The molecule has 3 nitrogen and oxygen atoms in total. The predicted molar refractivity (Wildman–Crippen MR) is 72.9 cm³/mol. The molecule has 0 fully saturated rings. The first-order valence-corrected chi connectivity index (χ1v) is 5.97. The van der Waals surface area contributed by atoms with Crippen molar-refractivity contribution in [1.82, 2.24) is 4.90 Å². The highest BCUT2D eigenvalue weighted by Crippen LogP contribution is 2.22. The van der Waals surface area contributed by atoms with E-state index in [9.17, 15) is 0 Å². The SMILES string of the molecule is CCN(C)/C=N/C1=CC(OC)=CC(C)C=C1C. The first-order chi connectivity index (χ1) is 8.06. The molecular weight excluding hydrogens is 212 g/mol. The minimum Gasteiger partial charge on any atom is -0.497 e. The number of allylic oxidation sites excluding steroid dienone is 4. The van der Waals surface area contributed by atoms with Crippen LogP contribution in [0.2, 0.25) is 0 Å². The van der Waals surface area contributed by atoms with Gasteiger partial charge in [-0.25, -0.2) is 4.99 Å². The summed E-state index contributed by atoms with van der Waals surface area (Å²) in [6, 6.07) is 0. The van der Waals surface area contributed by atoms with Crippen LogP contribution in [0.25, 0.3) is 0 Å². The quantitative estimate of drug-likeness (QED) is 0.552. The zero-order valence-electron chi connectivity index (χ0n) is 11.4. The fourth-order valence-corrected chi connectivity index (χ4v) is 1.59. The highest BCUT2D eigenvalue weighted by Gasteiger charge is 2.08. The lowest BCUT2D eigenvalue weighted by Crippen LogP contribution is -2.14. The molecule has 1 rings (SSSR count). The number of hydrogen-bond acceptors (Lipinski definition) is 2. The molecule has 1 aliphatic carbocycles. The minimum atomic E-state index is 0.373. The summed E-state index contributed by atoms with van der Waals surface area (Å²) in [5, 5.41) is 0. The summed E-state index contributed by atoms with van der Waals surface area (Å²) in [5.74, 6) is 1.25. The Morgan fingerprint density at radius 1 is 1.47 bits per heavy atom. The number of rotatable bonds is 4. The van der Waals surface area contributed by atoms with Gasteiger partial charge in [0.2, 0.25) is 0 Å². The molecule has 0 heterocycles. The third-order valence-electron chi connectivity index (χ3n) is 2.75. The van der Waals surface area contributed by atoms with Gasteiger partial charge in [0.15, 0.2) is 0 Å². The van der Waals surface area contributed by atoms with E-state index in [-0.39, 0.29) is 0 Å². The van der Waals surface area contributed by atoms with Crippen LogP contribution in [0.4, 0.5) is 0 Å². The molecule has 94 valence electrons. The molecule has 0 aromatic rings. The molecule has 0 saturated carbocycles. The van der Waals surface area contributed by atoms with Crippen molar-refractivity contribution >= 4 is 6.34 Å². The summed E-state index contributed by atoms with van der Waals surface area (Å²) in [6.45, 7) is 7.26. The standard InChI is InChI=1S/C14H22N2O/c1-6-16(4)10-15-14-9-13(17-5)8-11(2)7-12(14)3/h7-11H,6H2,1-5H3/b15-10+. The van der Waals surface area contributed by atoms with Gasteiger partial charge in [-0.1, -0.05) is 13.0 Å². The topological polar surface area (TPSA) is 24.8 Å². The Kier molecular flexibility index (Phi) is 5.01. The van der Waals surface area contributed by atoms with E-state index in [1.807, 2.05) is 24.4 Å². The van der Waals surface area contributed by atoms with Crippen LogP contribution in [0.1, 0.15) is 20.8 Å². The van der Waals surface area contributed by atoms with Crippen molar-refractivity contribution in [3.8, 4) is 0 Å². The normalized spacial score (nSPS) is 20.5. The second-order valence-electron chi connectivity index (χ2n) is 4.33. The second-order valence-corrected chi connectivity index (χ2v) is 4.33. The molecule has 3 heteroatoms. The number of ether oxygens (including phenoxy) is 1. The van der Waals surface area contributed by atoms with Gasteiger partial charge in [0.05, 0.1) is 19.1 Å². The van der Waals surface area contributed by atoms with Gasteiger partial charge in [0.25, 0.3) is 0 Å². The van der Waals surface area contributed by atoms with E-state index in [0.29, 0.717) is 5.92 Å². The Hall–Kier alpha value is -1.51. The molecule has 0 saturated heterocycles. The van der Waals surface area contributed by atoms with Gasteiger partial charge in [-0.3, -0.25) is 0 Å². The Morgan fingerprint density at radius 2 is 2.18 bits per heavy atom. The zero-order valence-corrected chi connectivity index (χ0v) is 11.4. The van der Waals surface area contributed by atoms with Crippen molar-refractivity contribution in [1.29, 1.82) is 0 Å². The van der Waals surface area contributed by atoms with Crippen LogP contribution in [0.15, 0.2) is 40.2 Å². The maximum Gasteiger partial charge on any atom is 0.117 e. The molecule has 1 atom stereocenters. The molecule has 0 aromatic heterocycles. The first-order valence-electron chi connectivity index (χ1n) is 5.97. The summed E-state index contributed by atoms with van der Waals surface area (Å²) >= 11 is 0. The number of nitrogens with zero attached hydrogens (tertiary/aromatic N) is 2. The van der Waals surface area contributed by atoms with Crippen LogP contribution < -0.4 is 0 Å². The largest absolute Gasteiger partial charge is 0.497 e. The molecule has 17 heavy (non-hydrogen) atoms. The van der Waals surface area contributed by atoms with Crippen LogP contribution in [0.5, 0.6) is 0 Å². The molecule has 0 aromatic carbocycles. The Bertz CT molecular complexity index is 378. The van der Waals surface area contributed by atoms with Crippen LogP contribution in [-0.2, 0) is 4.74 Å². The van der Waals surface area contributed by atoms with Crippen LogP contribution in [-0.4, -0.2) is 31.9 Å². The maximum atomic E-state index is 5.32. The number of methoxy groups -OCH3 is 1. The lowest BCUT2D eigenvalue weighted by molar-refractivity contribution is 0.304. The van der Waals surface area contributed by atoms with E-state index in [2.05, 4.69) is 37.9 Å². The number of hydrogen-bond donors (Lipinski definition) is 0. The van der Waals surface area contributed by atoms with E-state index in [1.54, 1.807) is 7.11 Å². The summed E-state index contributed by atoms with van der Waals surface area (Å²) in [4.78, 5) is 6.54. The molecule has 1 aliphatic rings. The Morgan fingerprint density at radius 3 is 2.76 bits per heavy atom. The predicted octanol–water partition coefficient (Wildman–Crippen LogP) is 2.98.